The minimum Gasteiger partial charge on any atom is -0.296 e. The lowest BCUT2D eigenvalue weighted by atomic mass is 10.2. The number of aromatic amines is 1. The van der Waals surface area contributed by atoms with Gasteiger partial charge < -0.3 is 0 Å². The zero-order chi connectivity index (χ0) is 15.8. The Hall–Kier alpha value is -2.65. The van der Waals surface area contributed by atoms with Gasteiger partial charge in [0.2, 0.25) is 5.13 Å². The number of fused-ring (bicyclic) bond motifs is 1. The highest BCUT2D eigenvalue weighted by molar-refractivity contribution is 7.19. The van der Waals surface area contributed by atoms with Gasteiger partial charge in [0.1, 0.15) is 5.01 Å². The summed E-state index contributed by atoms with van der Waals surface area (Å²) in [5.41, 5.74) is 2.92. The minimum atomic E-state index is -0.270. The summed E-state index contributed by atoms with van der Waals surface area (Å²) in [5, 5.41) is 23.8. The molecule has 0 aliphatic rings. The number of pyridine rings is 1. The van der Waals surface area contributed by atoms with Crippen LogP contribution >= 0.6 is 22.7 Å². The van der Waals surface area contributed by atoms with E-state index in [-0.39, 0.29) is 5.91 Å². The summed E-state index contributed by atoms with van der Waals surface area (Å²) in [6, 6.07) is 3.73. The fraction of sp³-hybridized carbons (Fsp3) is 0.0714. The van der Waals surface area contributed by atoms with Crippen molar-refractivity contribution in [1.29, 1.82) is 0 Å². The number of hydrogen-bond acceptors (Lipinski definition) is 7. The monoisotopic (exact) mass is 342 g/mol. The van der Waals surface area contributed by atoms with Crippen LogP contribution < -0.4 is 5.32 Å². The number of thiophene rings is 1. The highest BCUT2D eigenvalue weighted by Gasteiger charge is 2.13. The summed E-state index contributed by atoms with van der Waals surface area (Å²) in [5.74, 6) is -0.270. The fourth-order valence-corrected chi connectivity index (χ4v) is 3.54. The van der Waals surface area contributed by atoms with Gasteiger partial charge in [0.05, 0.1) is 5.56 Å². The predicted molar refractivity (Wildman–Crippen MR) is 89.8 cm³/mol. The largest absolute Gasteiger partial charge is 0.296 e. The lowest BCUT2D eigenvalue weighted by Gasteiger charge is -2.00. The molecule has 4 aromatic rings. The molecule has 2 N–H and O–H groups in total. The molecule has 7 nitrogen and oxygen atoms in total. The molecule has 0 bridgehead atoms. The number of nitrogens with one attached hydrogen (secondary N) is 2. The summed E-state index contributed by atoms with van der Waals surface area (Å²) in [7, 11) is 0. The van der Waals surface area contributed by atoms with Gasteiger partial charge in [-0.1, -0.05) is 11.3 Å². The highest BCUT2D eigenvalue weighted by Crippen LogP contribution is 2.28. The van der Waals surface area contributed by atoms with E-state index in [0.717, 1.165) is 21.7 Å². The van der Waals surface area contributed by atoms with Gasteiger partial charge in [-0.05, 0) is 24.4 Å². The van der Waals surface area contributed by atoms with E-state index in [9.17, 15) is 4.79 Å². The maximum atomic E-state index is 12.3. The number of hydrogen-bond donors (Lipinski definition) is 2. The lowest BCUT2D eigenvalue weighted by molar-refractivity contribution is 0.102. The molecule has 0 saturated heterocycles. The molecule has 0 atom stereocenters. The topological polar surface area (TPSA) is 96.5 Å². The van der Waals surface area contributed by atoms with Crippen LogP contribution in [-0.4, -0.2) is 31.3 Å². The third-order valence-electron chi connectivity index (χ3n) is 3.28. The predicted octanol–water partition coefficient (Wildman–Crippen LogP) is 3.10. The van der Waals surface area contributed by atoms with Crippen molar-refractivity contribution >= 4 is 44.7 Å². The molecule has 114 valence electrons. The van der Waals surface area contributed by atoms with Crippen molar-refractivity contribution in [1.82, 2.24) is 25.4 Å². The van der Waals surface area contributed by atoms with Crippen LogP contribution in [0.5, 0.6) is 0 Å². The number of carbonyl (C=O) groups is 1. The third kappa shape index (κ3) is 2.60. The molecule has 23 heavy (non-hydrogen) atoms. The number of carbonyl (C=O) groups excluding carboxylic acids is 1. The molecule has 4 heterocycles. The van der Waals surface area contributed by atoms with E-state index in [1.165, 1.54) is 17.5 Å². The van der Waals surface area contributed by atoms with Gasteiger partial charge in [-0.25, -0.2) is 4.98 Å². The Morgan fingerprint density at radius 1 is 1.35 bits per heavy atom. The second kappa shape index (κ2) is 5.52. The Balaban J connectivity index is 1.58. The van der Waals surface area contributed by atoms with E-state index in [0.29, 0.717) is 16.3 Å². The molecule has 4 rings (SSSR count). The quantitative estimate of drug-likeness (QED) is 0.596. The van der Waals surface area contributed by atoms with Gasteiger partial charge in [-0.3, -0.25) is 15.2 Å². The van der Waals surface area contributed by atoms with E-state index in [1.807, 2.05) is 23.8 Å². The average molecular weight is 342 g/mol. The van der Waals surface area contributed by atoms with Crippen LogP contribution in [0.25, 0.3) is 21.6 Å². The first-order valence-electron chi connectivity index (χ1n) is 6.69. The van der Waals surface area contributed by atoms with Crippen LogP contribution in [0.3, 0.4) is 0 Å². The Kier molecular flexibility index (Phi) is 3.36. The molecule has 0 spiro atoms. The first-order valence-corrected chi connectivity index (χ1v) is 8.45. The van der Waals surface area contributed by atoms with Crippen molar-refractivity contribution < 1.29 is 4.79 Å². The molecule has 4 aromatic heterocycles. The van der Waals surface area contributed by atoms with Crippen LogP contribution in [0.1, 0.15) is 16.1 Å². The van der Waals surface area contributed by atoms with Crippen LogP contribution in [-0.2, 0) is 0 Å². The summed E-state index contributed by atoms with van der Waals surface area (Å²) >= 11 is 2.93. The van der Waals surface area contributed by atoms with E-state index in [1.54, 1.807) is 17.4 Å². The van der Waals surface area contributed by atoms with E-state index >= 15 is 0 Å². The average Bonchev–Trinajstić information content (AvgIpc) is 3.28. The normalized spacial score (nSPS) is 11.0. The molecule has 0 aromatic carbocycles. The van der Waals surface area contributed by atoms with Crippen molar-refractivity contribution in [3.63, 3.8) is 0 Å². The zero-order valence-electron chi connectivity index (χ0n) is 11.9. The Labute approximate surface area is 138 Å². The number of amides is 1. The standard InChI is InChI=1S/C14H10N6OS2/c1-7-10-4-9(5-15-11(10)18-17-7)12(21)16-14-20-19-13(23-14)8-2-3-22-6-8/h2-6H,1H3,(H,15,17,18)(H,16,20,21). The lowest BCUT2D eigenvalue weighted by Crippen LogP contribution is -2.12. The fourth-order valence-electron chi connectivity index (χ4n) is 2.09. The summed E-state index contributed by atoms with van der Waals surface area (Å²) < 4.78 is 0. The molecule has 0 unspecified atom stereocenters. The Bertz CT molecular complexity index is 988. The van der Waals surface area contributed by atoms with Gasteiger partial charge in [0, 0.05) is 28.2 Å². The number of aryl methyl sites for hydroxylation is 1. The number of nitrogens with zero attached hydrogens (tertiary/aromatic N) is 4. The highest BCUT2D eigenvalue weighted by atomic mass is 32.1. The first kappa shape index (κ1) is 14.0. The second-order valence-corrected chi connectivity index (χ2v) is 6.58. The van der Waals surface area contributed by atoms with Crippen molar-refractivity contribution in [3.05, 3.63) is 40.3 Å². The second-order valence-electron chi connectivity index (χ2n) is 4.82. The van der Waals surface area contributed by atoms with Crippen molar-refractivity contribution in [2.45, 2.75) is 6.92 Å². The molecule has 1 amide bonds. The van der Waals surface area contributed by atoms with Gasteiger partial charge >= 0.3 is 0 Å². The summed E-state index contributed by atoms with van der Waals surface area (Å²) in [6.45, 7) is 1.89. The minimum absolute atomic E-state index is 0.270. The maximum Gasteiger partial charge on any atom is 0.259 e. The van der Waals surface area contributed by atoms with Crippen LogP contribution in [0.4, 0.5) is 5.13 Å². The number of anilines is 1. The van der Waals surface area contributed by atoms with Crippen LogP contribution in [0.15, 0.2) is 29.1 Å². The summed E-state index contributed by atoms with van der Waals surface area (Å²) in [6.07, 6.45) is 1.50. The van der Waals surface area contributed by atoms with Gasteiger partial charge in [-0.2, -0.15) is 16.4 Å². The number of H-pyrrole nitrogens is 1. The van der Waals surface area contributed by atoms with E-state index < -0.39 is 0 Å². The van der Waals surface area contributed by atoms with Crippen LogP contribution in [0.2, 0.25) is 0 Å². The van der Waals surface area contributed by atoms with Gasteiger partial charge in [0.15, 0.2) is 5.65 Å². The molecular weight excluding hydrogens is 332 g/mol. The van der Waals surface area contributed by atoms with Crippen molar-refractivity contribution in [3.8, 4) is 10.6 Å². The molecule has 0 fully saturated rings. The van der Waals surface area contributed by atoms with Crippen molar-refractivity contribution in [2.75, 3.05) is 5.32 Å². The molecule has 0 aliphatic heterocycles. The third-order valence-corrected chi connectivity index (χ3v) is 4.85. The maximum absolute atomic E-state index is 12.3. The summed E-state index contributed by atoms with van der Waals surface area (Å²) in [4.78, 5) is 16.5. The number of aromatic nitrogens is 5. The van der Waals surface area contributed by atoms with Gasteiger partial charge in [0.25, 0.3) is 5.91 Å². The van der Waals surface area contributed by atoms with Crippen molar-refractivity contribution in [2.24, 2.45) is 0 Å². The first-order chi connectivity index (χ1) is 11.2. The SMILES string of the molecule is Cc1[nH]nc2ncc(C(=O)Nc3nnc(-c4ccsc4)s3)cc12. The molecule has 9 heteroatoms. The van der Waals surface area contributed by atoms with E-state index in [4.69, 9.17) is 0 Å². The molecular formula is C14H10N6OS2. The number of rotatable bonds is 3. The zero-order valence-corrected chi connectivity index (χ0v) is 13.5. The van der Waals surface area contributed by atoms with Gasteiger partial charge in [-0.15, -0.1) is 10.2 Å². The molecule has 0 aliphatic carbocycles. The smallest absolute Gasteiger partial charge is 0.259 e. The molecule has 0 saturated carbocycles. The molecule has 0 radical (unpaired) electrons. The van der Waals surface area contributed by atoms with E-state index in [2.05, 4.69) is 30.7 Å². The van der Waals surface area contributed by atoms with Crippen LogP contribution in [0, 0.1) is 6.92 Å². The Morgan fingerprint density at radius 3 is 3.09 bits per heavy atom. The Morgan fingerprint density at radius 2 is 2.26 bits per heavy atom.